The van der Waals surface area contributed by atoms with Crippen LogP contribution in [0.25, 0.3) is 11.6 Å². The van der Waals surface area contributed by atoms with Crippen LogP contribution in [0.15, 0.2) is 41.3 Å². The molecule has 132 valence electrons. The number of piperidine rings is 1. The SMILES string of the molecule is Cc1cnc(-c2nnc(C3CCCCN3C(=O)c3cccnc3)o2)cn1. The van der Waals surface area contributed by atoms with E-state index in [-0.39, 0.29) is 11.9 Å². The lowest BCUT2D eigenvalue weighted by atomic mass is 10.0. The lowest BCUT2D eigenvalue weighted by molar-refractivity contribution is 0.0572. The van der Waals surface area contributed by atoms with Crippen molar-refractivity contribution in [1.82, 2.24) is 30.0 Å². The van der Waals surface area contributed by atoms with Crippen molar-refractivity contribution in [2.75, 3.05) is 6.54 Å². The molecule has 0 bridgehead atoms. The van der Waals surface area contributed by atoms with E-state index < -0.39 is 0 Å². The second-order valence-corrected chi connectivity index (χ2v) is 6.24. The van der Waals surface area contributed by atoms with E-state index in [4.69, 9.17) is 4.42 Å². The molecule has 0 aliphatic carbocycles. The van der Waals surface area contributed by atoms with Gasteiger partial charge in [0.05, 0.1) is 17.5 Å². The van der Waals surface area contributed by atoms with Crippen LogP contribution in [0.4, 0.5) is 0 Å². The average Bonchev–Trinajstić information content (AvgIpc) is 3.19. The van der Waals surface area contributed by atoms with E-state index in [9.17, 15) is 4.79 Å². The minimum atomic E-state index is -0.240. The maximum absolute atomic E-state index is 12.9. The highest BCUT2D eigenvalue weighted by atomic mass is 16.4. The van der Waals surface area contributed by atoms with Crippen LogP contribution < -0.4 is 0 Å². The number of hydrogen-bond donors (Lipinski definition) is 0. The van der Waals surface area contributed by atoms with Crippen molar-refractivity contribution in [3.05, 3.63) is 54.1 Å². The summed E-state index contributed by atoms with van der Waals surface area (Å²) in [6.45, 7) is 2.51. The molecule has 0 N–H and O–H groups in total. The van der Waals surface area contributed by atoms with E-state index in [2.05, 4.69) is 25.1 Å². The third-order valence-corrected chi connectivity index (χ3v) is 4.40. The number of carbonyl (C=O) groups is 1. The Labute approximate surface area is 150 Å². The summed E-state index contributed by atoms with van der Waals surface area (Å²) in [5.41, 5.74) is 1.90. The topological polar surface area (TPSA) is 97.9 Å². The average molecular weight is 350 g/mol. The predicted molar refractivity (Wildman–Crippen MR) is 91.9 cm³/mol. The van der Waals surface area contributed by atoms with Crippen LogP contribution in [-0.2, 0) is 0 Å². The van der Waals surface area contributed by atoms with Gasteiger partial charge in [0, 0.05) is 25.1 Å². The van der Waals surface area contributed by atoms with Crippen molar-refractivity contribution in [3.8, 4) is 11.6 Å². The molecule has 1 amide bonds. The second-order valence-electron chi connectivity index (χ2n) is 6.24. The number of carbonyl (C=O) groups excluding carboxylic acids is 1. The van der Waals surface area contributed by atoms with Gasteiger partial charge in [0.25, 0.3) is 11.8 Å². The molecule has 4 heterocycles. The fraction of sp³-hybridized carbons (Fsp3) is 0.333. The Morgan fingerprint density at radius 1 is 1.19 bits per heavy atom. The molecule has 8 heteroatoms. The van der Waals surface area contributed by atoms with Gasteiger partial charge in [-0.05, 0) is 38.3 Å². The summed E-state index contributed by atoms with van der Waals surface area (Å²) < 4.78 is 5.83. The largest absolute Gasteiger partial charge is 0.417 e. The molecule has 1 aliphatic heterocycles. The van der Waals surface area contributed by atoms with E-state index in [0.717, 1.165) is 25.0 Å². The quantitative estimate of drug-likeness (QED) is 0.716. The number of amides is 1. The Kier molecular flexibility index (Phi) is 4.39. The minimum absolute atomic E-state index is 0.0716. The van der Waals surface area contributed by atoms with E-state index in [1.807, 2.05) is 6.92 Å². The first kappa shape index (κ1) is 16.3. The number of hydrogen-bond acceptors (Lipinski definition) is 7. The summed E-state index contributed by atoms with van der Waals surface area (Å²) in [4.78, 5) is 27.2. The molecule has 0 aromatic carbocycles. The molecule has 1 unspecified atom stereocenters. The van der Waals surface area contributed by atoms with Gasteiger partial charge in [-0.15, -0.1) is 10.2 Å². The molecule has 3 aromatic heterocycles. The lowest BCUT2D eigenvalue weighted by Gasteiger charge is -2.33. The molecule has 1 saturated heterocycles. The van der Waals surface area contributed by atoms with Gasteiger partial charge in [0.1, 0.15) is 11.7 Å². The zero-order valence-corrected chi connectivity index (χ0v) is 14.4. The van der Waals surface area contributed by atoms with Crippen molar-refractivity contribution in [2.24, 2.45) is 0 Å². The summed E-state index contributed by atoms with van der Waals surface area (Å²) >= 11 is 0. The van der Waals surface area contributed by atoms with Gasteiger partial charge in [0.15, 0.2) is 0 Å². The maximum Gasteiger partial charge on any atom is 0.267 e. The Bertz CT molecular complexity index is 894. The third-order valence-electron chi connectivity index (χ3n) is 4.40. The van der Waals surface area contributed by atoms with Crippen molar-refractivity contribution in [1.29, 1.82) is 0 Å². The molecule has 1 atom stereocenters. The highest BCUT2D eigenvalue weighted by molar-refractivity contribution is 5.94. The van der Waals surface area contributed by atoms with Crippen LogP contribution in [0.1, 0.15) is 47.2 Å². The zero-order chi connectivity index (χ0) is 17.9. The molecular formula is C18H18N6O2. The molecular weight excluding hydrogens is 332 g/mol. The molecule has 3 aromatic rings. The fourth-order valence-corrected chi connectivity index (χ4v) is 3.06. The van der Waals surface area contributed by atoms with Gasteiger partial charge in [0.2, 0.25) is 5.89 Å². The van der Waals surface area contributed by atoms with Crippen molar-refractivity contribution < 1.29 is 9.21 Å². The smallest absolute Gasteiger partial charge is 0.267 e. The Hall–Kier alpha value is -3.16. The predicted octanol–water partition coefficient (Wildman–Crippen LogP) is 2.60. The Balaban J connectivity index is 1.61. The number of likely N-dealkylation sites (tertiary alicyclic amines) is 1. The molecule has 8 nitrogen and oxygen atoms in total. The molecule has 0 spiro atoms. The molecule has 4 rings (SSSR count). The molecule has 0 saturated carbocycles. The van der Waals surface area contributed by atoms with Gasteiger partial charge < -0.3 is 9.32 Å². The van der Waals surface area contributed by atoms with Crippen LogP contribution in [-0.4, -0.2) is 42.5 Å². The molecule has 0 radical (unpaired) electrons. The first-order valence-electron chi connectivity index (χ1n) is 8.56. The summed E-state index contributed by atoms with van der Waals surface area (Å²) in [6.07, 6.45) is 9.22. The van der Waals surface area contributed by atoms with Gasteiger partial charge in [-0.25, -0.2) is 4.98 Å². The van der Waals surface area contributed by atoms with Gasteiger partial charge >= 0.3 is 0 Å². The Morgan fingerprint density at radius 2 is 2.12 bits per heavy atom. The monoisotopic (exact) mass is 350 g/mol. The van der Waals surface area contributed by atoms with E-state index in [1.165, 1.54) is 0 Å². The highest BCUT2D eigenvalue weighted by Crippen LogP contribution is 2.32. The third kappa shape index (κ3) is 3.17. The fourth-order valence-electron chi connectivity index (χ4n) is 3.06. The van der Waals surface area contributed by atoms with Crippen molar-refractivity contribution in [2.45, 2.75) is 32.2 Å². The van der Waals surface area contributed by atoms with Crippen LogP contribution >= 0.6 is 0 Å². The zero-order valence-electron chi connectivity index (χ0n) is 14.4. The first-order chi connectivity index (χ1) is 12.7. The highest BCUT2D eigenvalue weighted by Gasteiger charge is 2.32. The van der Waals surface area contributed by atoms with Crippen LogP contribution in [0.3, 0.4) is 0 Å². The second kappa shape index (κ2) is 6.99. The molecule has 1 fully saturated rings. The van der Waals surface area contributed by atoms with Gasteiger partial charge in [-0.1, -0.05) is 0 Å². The minimum Gasteiger partial charge on any atom is -0.417 e. The van der Waals surface area contributed by atoms with Gasteiger partial charge in [-0.2, -0.15) is 0 Å². The summed E-state index contributed by atoms with van der Waals surface area (Å²) in [5, 5.41) is 8.26. The summed E-state index contributed by atoms with van der Waals surface area (Å²) in [7, 11) is 0. The molecule has 26 heavy (non-hydrogen) atoms. The number of pyridine rings is 1. The van der Waals surface area contributed by atoms with E-state index in [1.54, 1.807) is 41.8 Å². The van der Waals surface area contributed by atoms with Crippen LogP contribution in [0.5, 0.6) is 0 Å². The normalized spacial score (nSPS) is 17.3. The van der Waals surface area contributed by atoms with Gasteiger partial charge in [-0.3, -0.25) is 14.8 Å². The number of rotatable bonds is 3. The lowest BCUT2D eigenvalue weighted by Crippen LogP contribution is -2.38. The van der Waals surface area contributed by atoms with E-state index in [0.29, 0.717) is 29.6 Å². The summed E-state index contributed by atoms with van der Waals surface area (Å²) in [6, 6.07) is 3.28. The van der Waals surface area contributed by atoms with Crippen LogP contribution in [0, 0.1) is 6.92 Å². The number of aryl methyl sites for hydroxylation is 1. The van der Waals surface area contributed by atoms with Crippen LogP contribution in [0.2, 0.25) is 0 Å². The number of aromatic nitrogens is 5. The summed E-state index contributed by atoms with van der Waals surface area (Å²) in [5.74, 6) is 0.670. The van der Waals surface area contributed by atoms with E-state index >= 15 is 0 Å². The standard InChI is InChI=1S/C18H18N6O2/c1-12-9-21-14(11-20-12)16-22-23-17(26-16)15-6-2-3-8-24(15)18(25)13-5-4-7-19-10-13/h4-5,7,9-11,15H,2-3,6,8H2,1H3. The van der Waals surface area contributed by atoms with Crippen molar-refractivity contribution >= 4 is 5.91 Å². The number of nitrogens with zero attached hydrogens (tertiary/aromatic N) is 6. The maximum atomic E-state index is 12.9. The Morgan fingerprint density at radius 3 is 2.88 bits per heavy atom. The first-order valence-corrected chi connectivity index (χ1v) is 8.56. The van der Waals surface area contributed by atoms with Crippen molar-refractivity contribution in [3.63, 3.8) is 0 Å². The molecule has 1 aliphatic rings.